The van der Waals surface area contributed by atoms with E-state index >= 15 is 0 Å². The number of aliphatic imine (C=N–C) groups is 1. The van der Waals surface area contributed by atoms with Crippen molar-refractivity contribution in [2.75, 3.05) is 33.4 Å². The molecule has 3 N–H and O–H groups in total. The molecule has 0 saturated carbocycles. The Morgan fingerprint density at radius 1 is 1.42 bits per heavy atom. The van der Waals surface area contributed by atoms with Crippen molar-refractivity contribution in [1.82, 2.24) is 15.6 Å². The van der Waals surface area contributed by atoms with Crippen LogP contribution >= 0.6 is 0 Å². The van der Waals surface area contributed by atoms with Crippen molar-refractivity contribution in [3.8, 4) is 0 Å². The molecule has 0 fully saturated rings. The number of nitrogens with zero attached hydrogens (tertiary/aromatic N) is 2. The quantitative estimate of drug-likeness (QED) is 0.376. The number of hydrogen-bond acceptors (Lipinski definition) is 4. The van der Waals surface area contributed by atoms with Crippen LogP contribution < -0.4 is 10.6 Å². The van der Waals surface area contributed by atoms with E-state index in [1.165, 1.54) is 0 Å². The van der Waals surface area contributed by atoms with E-state index in [9.17, 15) is 5.11 Å². The Labute approximate surface area is 113 Å². The second kappa shape index (κ2) is 9.29. The van der Waals surface area contributed by atoms with E-state index in [0.717, 1.165) is 12.1 Å². The van der Waals surface area contributed by atoms with E-state index in [0.29, 0.717) is 25.7 Å². The summed E-state index contributed by atoms with van der Waals surface area (Å²) in [7, 11) is 1.65. The maximum Gasteiger partial charge on any atom is 0.191 e. The SMILES string of the molecule is CCNC(=NCC(O)c1ccncc1)NCCOC. The van der Waals surface area contributed by atoms with Gasteiger partial charge in [0.15, 0.2) is 5.96 Å². The van der Waals surface area contributed by atoms with Gasteiger partial charge in [-0.25, -0.2) is 0 Å². The van der Waals surface area contributed by atoms with Gasteiger partial charge in [0.1, 0.15) is 0 Å². The molecule has 1 aromatic rings. The molecule has 6 nitrogen and oxygen atoms in total. The first-order valence-corrected chi connectivity index (χ1v) is 6.37. The number of aliphatic hydroxyl groups excluding tert-OH is 1. The van der Waals surface area contributed by atoms with Crippen LogP contribution in [-0.2, 0) is 4.74 Å². The fourth-order valence-corrected chi connectivity index (χ4v) is 1.48. The summed E-state index contributed by atoms with van der Waals surface area (Å²) >= 11 is 0. The van der Waals surface area contributed by atoms with Crippen LogP contribution in [0.2, 0.25) is 0 Å². The lowest BCUT2D eigenvalue weighted by Gasteiger charge is -2.12. The van der Waals surface area contributed by atoms with Gasteiger partial charge in [0.25, 0.3) is 0 Å². The van der Waals surface area contributed by atoms with E-state index in [1.807, 2.05) is 6.92 Å². The largest absolute Gasteiger partial charge is 0.386 e. The monoisotopic (exact) mass is 266 g/mol. The van der Waals surface area contributed by atoms with Crippen LogP contribution in [0.4, 0.5) is 0 Å². The van der Waals surface area contributed by atoms with Gasteiger partial charge in [0.2, 0.25) is 0 Å². The van der Waals surface area contributed by atoms with Gasteiger partial charge in [-0.15, -0.1) is 0 Å². The minimum atomic E-state index is -0.624. The van der Waals surface area contributed by atoms with Gasteiger partial charge in [-0.2, -0.15) is 0 Å². The number of guanidine groups is 1. The zero-order valence-corrected chi connectivity index (χ0v) is 11.5. The van der Waals surface area contributed by atoms with Gasteiger partial charge in [-0.3, -0.25) is 9.98 Å². The Morgan fingerprint density at radius 3 is 2.79 bits per heavy atom. The third-order valence-electron chi connectivity index (χ3n) is 2.46. The lowest BCUT2D eigenvalue weighted by atomic mass is 10.1. The third-order valence-corrected chi connectivity index (χ3v) is 2.46. The number of aliphatic hydroxyl groups is 1. The van der Waals surface area contributed by atoms with Crippen molar-refractivity contribution in [2.45, 2.75) is 13.0 Å². The Morgan fingerprint density at radius 2 is 2.16 bits per heavy atom. The summed E-state index contributed by atoms with van der Waals surface area (Å²) in [6, 6.07) is 3.57. The average Bonchev–Trinajstić information content (AvgIpc) is 2.45. The minimum Gasteiger partial charge on any atom is -0.386 e. The van der Waals surface area contributed by atoms with E-state index < -0.39 is 6.10 Å². The summed E-state index contributed by atoms with van der Waals surface area (Å²) in [5.41, 5.74) is 0.812. The maximum absolute atomic E-state index is 9.99. The van der Waals surface area contributed by atoms with Crippen molar-refractivity contribution in [3.05, 3.63) is 30.1 Å². The molecule has 6 heteroatoms. The molecule has 0 spiro atoms. The summed E-state index contributed by atoms with van der Waals surface area (Å²) in [5, 5.41) is 16.2. The zero-order chi connectivity index (χ0) is 13.9. The molecule has 0 aliphatic carbocycles. The van der Waals surface area contributed by atoms with Crippen molar-refractivity contribution >= 4 is 5.96 Å². The van der Waals surface area contributed by atoms with Gasteiger partial charge in [0.05, 0.1) is 19.3 Å². The Kier molecular flexibility index (Phi) is 7.53. The highest BCUT2D eigenvalue weighted by atomic mass is 16.5. The molecular formula is C13H22N4O2. The first-order valence-electron chi connectivity index (χ1n) is 6.37. The molecule has 0 radical (unpaired) electrons. The summed E-state index contributed by atoms with van der Waals surface area (Å²) in [4.78, 5) is 8.25. The summed E-state index contributed by atoms with van der Waals surface area (Å²) in [6.45, 7) is 4.34. The van der Waals surface area contributed by atoms with Gasteiger partial charge >= 0.3 is 0 Å². The highest BCUT2D eigenvalue weighted by Gasteiger charge is 2.06. The van der Waals surface area contributed by atoms with E-state index in [4.69, 9.17) is 4.74 Å². The van der Waals surface area contributed by atoms with Crippen LogP contribution in [0.15, 0.2) is 29.5 Å². The van der Waals surface area contributed by atoms with Gasteiger partial charge < -0.3 is 20.5 Å². The lowest BCUT2D eigenvalue weighted by molar-refractivity contribution is 0.186. The molecular weight excluding hydrogens is 244 g/mol. The highest BCUT2D eigenvalue weighted by molar-refractivity contribution is 5.79. The highest BCUT2D eigenvalue weighted by Crippen LogP contribution is 2.10. The molecule has 1 unspecified atom stereocenters. The van der Waals surface area contributed by atoms with E-state index in [1.54, 1.807) is 31.6 Å². The standard InChI is InChI=1S/C13H22N4O2/c1-3-15-13(16-8-9-19-2)17-10-12(18)11-4-6-14-7-5-11/h4-7,12,18H,3,8-10H2,1-2H3,(H2,15,16,17). The van der Waals surface area contributed by atoms with Crippen molar-refractivity contribution in [2.24, 2.45) is 4.99 Å². The molecule has 0 aliphatic heterocycles. The van der Waals surface area contributed by atoms with Crippen LogP contribution in [0, 0.1) is 0 Å². The van der Waals surface area contributed by atoms with Crippen LogP contribution in [0.1, 0.15) is 18.6 Å². The molecule has 1 atom stereocenters. The molecule has 0 saturated heterocycles. The van der Waals surface area contributed by atoms with E-state index in [2.05, 4.69) is 20.6 Å². The fourth-order valence-electron chi connectivity index (χ4n) is 1.48. The lowest BCUT2D eigenvalue weighted by Crippen LogP contribution is -2.39. The topological polar surface area (TPSA) is 78.8 Å². The molecule has 1 heterocycles. The predicted molar refractivity (Wildman–Crippen MR) is 75.1 cm³/mol. The summed E-state index contributed by atoms with van der Waals surface area (Å²) in [6.07, 6.45) is 2.69. The normalized spacial score (nSPS) is 13.1. The molecule has 0 bridgehead atoms. The minimum absolute atomic E-state index is 0.298. The van der Waals surface area contributed by atoms with Crippen LogP contribution in [0.25, 0.3) is 0 Å². The number of rotatable bonds is 7. The van der Waals surface area contributed by atoms with E-state index in [-0.39, 0.29) is 0 Å². The second-order valence-corrected chi connectivity index (χ2v) is 3.94. The molecule has 0 aromatic carbocycles. The smallest absolute Gasteiger partial charge is 0.191 e. The molecule has 1 aromatic heterocycles. The maximum atomic E-state index is 9.99. The fraction of sp³-hybridized carbons (Fsp3) is 0.538. The van der Waals surface area contributed by atoms with Crippen molar-refractivity contribution in [3.63, 3.8) is 0 Å². The summed E-state index contributed by atoms with van der Waals surface area (Å²) < 4.78 is 4.96. The number of ether oxygens (including phenoxy) is 1. The summed E-state index contributed by atoms with van der Waals surface area (Å²) in [5.74, 6) is 0.674. The van der Waals surface area contributed by atoms with Gasteiger partial charge in [0, 0.05) is 32.6 Å². The zero-order valence-electron chi connectivity index (χ0n) is 11.5. The second-order valence-electron chi connectivity index (χ2n) is 3.94. The first kappa shape index (κ1) is 15.4. The number of nitrogens with one attached hydrogen (secondary N) is 2. The number of methoxy groups -OCH3 is 1. The molecule has 0 amide bonds. The Hall–Kier alpha value is -1.66. The Bertz CT molecular complexity index is 370. The van der Waals surface area contributed by atoms with Crippen LogP contribution in [-0.4, -0.2) is 49.4 Å². The first-order chi connectivity index (χ1) is 9.27. The molecule has 0 aliphatic rings. The number of hydrogen-bond donors (Lipinski definition) is 3. The Balaban J connectivity index is 2.49. The van der Waals surface area contributed by atoms with Gasteiger partial charge in [-0.05, 0) is 24.6 Å². The van der Waals surface area contributed by atoms with Crippen LogP contribution in [0.5, 0.6) is 0 Å². The number of aromatic nitrogens is 1. The van der Waals surface area contributed by atoms with Crippen molar-refractivity contribution in [1.29, 1.82) is 0 Å². The molecule has 106 valence electrons. The predicted octanol–water partition coefficient (Wildman–Crippen LogP) is 0.316. The molecule has 19 heavy (non-hydrogen) atoms. The average molecular weight is 266 g/mol. The molecule has 1 rings (SSSR count). The van der Waals surface area contributed by atoms with Crippen LogP contribution in [0.3, 0.4) is 0 Å². The number of pyridine rings is 1. The van der Waals surface area contributed by atoms with Crippen molar-refractivity contribution < 1.29 is 9.84 Å². The van der Waals surface area contributed by atoms with Gasteiger partial charge in [-0.1, -0.05) is 0 Å². The third kappa shape index (κ3) is 6.17.